The van der Waals surface area contributed by atoms with E-state index in [1.54, 1.807) is 0 Å². The smallest absolute Gasteiger partial charge is 0.308 e. The third-order valence-corrected chi connectivity index (χ3v) is 4.88. The molecule has 1 aliphatic heterocycles. The zero-order valence-corrected chi connectivity index (χ0v) is 12.4. The molecule has 1 aromatic carbocycles. The lowest BCUT2D eigenvalue weighted by Crippen LogP contribution is -2.53. The number of carboxylic acid groups (broad SMARTS) is 1. The number of nitrogens with zero attached hydrogens (tertiary/aromatic N) is 1. The van der Waals surface area contributed by atoms with E-state index in [-0.39, 0.29) is 12.0 Å². The molecule has 1 saturated carbocycles. The van der Waals surface area contributed by atoms with Crippen LogP contribution < -0.4 is 5.32 Å². The molecule has 4 heteroatoms. The Morgan fingerprint density at radius 3 is 2.43 bits per heavy atom. The standard InChI is InChI=1S/C17H24N2O2/c20-17(21)15-6-7-16(15)18-14-8-10-19(11-9-14)12-13-4-2-1-3-5-13/h1-5,14-16,18H,6-12H2,(H,20,21). The molecule has 2 fully saturated rings. The van der Waals surface area contributed by atoms with Gasteiger partial charge in [-0.2, -0.15) is 0 Å². The molecule has 114 valence electrons. The van der Waals surface area contributed by atoms with Gasteiger partial charge >= 0.3 is 5.97 Å². The van der Waals surface area contributed by atoms with E-state index in [9.17, 15) is 4.79 Å². The van der Waals surface area contributed by atoms with Gasteiger partial charge in [-0.15, -0.1) is 0 Å². The second-order valence-electron chi connectivity index (χ2n) is 6.33. The Morgan fingerprint density at radius 1 is 1.14 bits per heavy atom. The first-order valence-corrected chi connectivity index (χ1v) is 7.97. The molecule has 0 spiro atoms. The molecule has 1 heterocycles. The highest BCUT2D eigenvalue weighted by Gasteiger charge is 2.37. The Morgan fingerprint density at radius 2 is 1.86 bits per heavy atom. The van der Waals surface area contributed by atoms with Crippen LogP contribution in [0.25, 0.3) is 0 Å². The van der Waals surface area contributed by atoms with Gasteiger partial charge in [0.1, 0.15) is 0 Å². The lowest BCUT2D eigenvalue weighted by atomic mass is 9.79. The van der Waals surface area contributed by atoms with Crippen LogP contribution in [0.1, 0.15) is 31.2 Å². The highest BCUT2D eigenvalue weighted by atomic mass is 16.4. The van der Waals surface area contributed by atoms with E-state index >= 15 is 0 Å². The molecule has 0 amide bonds. The molecule has 1 aliphatic carbocycles. The summed E-state index contributed by atoms with van der Waals surface area (Å²) in [7, 11) is 0. The number of likely N-dealkylation sites (tertiary alicyclic amines) is 1. The van der Waals surface area contributed by atoms with Crippen LogP contribution in [0.15, 0.2) is 30.3 Å². The number of nitrogens with one attached hydrogen (secondary N) is 1. The number of hydrogen-bond donors (Lipinski definition) is 2. The maximum atomic E-state index is 11.0. The summed E-state index contributed by atoms with van der Waals surface area (Å²) in [6, 6.07) is 11.3. The second-order valence-corrected chi connectivity index (χ2v) is 6.33. The van der Waals surface area contributed by atoms with Crippen molar-refractivity contribution in [2.45, 2.75) is 44.3 Å². The topological polar surface area (TPSA) is 52.6 Å². The quantitative estimate of drug-likeness (QED) is 0.871. The predicted octanol–water partition coefficient (Wildman–Crippen LogP) is 2.10. The van der Waals surface area contributed by atoms with Crippen LogP contribution in [-0.2, 0) is 11.3 Å². The lowest BCUT2D eigenvalue weighted by molar-refractivity contribution is -0.146. The number of piperidine rings is 1. The molecule has 21 heavy (non-hydrogen) atoms. The van der Waals surface area contributed by atoms with Crippen molar-refractivity contribution in [2.75, 3.05) is 13.1 Å². The summed E-state index contributed by atoms with van der Waals surface area (Å²) < 4.78 is 0. The summed E-state index contributed by atoms with van der Waals surface area (Å²) in [6.07, 6.45) is 4.09. The van der Waals surface area contributed by atoms with E-state index in [2.05, 4.69) is 40.5 Å². The highest BCUT2D eigenvalue weighted by molar-refractivity contribution is 5.72. The molecular weight excluding hydrogens is 264 g/mol. The Balaban J connectivity index is 1.42. The fourth-order valence-electron chi connectivity index (χ4n) is 3.40. The Labute approximate surface area is 126 Å². The van der Waals surface area contributed by atoms with Crippen molar-refractivity contribution < 1.29 is 9.90 Å². The number of hydrogen-bond acceptors (Lipinski definition) is 3. The minimum atomic E-state index is -0.639. The normalized spacial score (nSPS) is 27.2. The van der Waals surface area contributed by atoms with Crippen LogP contribution in [0.2, 0.25) is 0 Å². The summed E-state index contributed by atoms with van der Waals surface area (Å²) in [6.45, 7) is 3.21. The summed E-state index contributed by atoms with van der Waals surface area (Å²) in [5.41, 5.74) is 1.37. The lowest BCUT2D eigenvalue weighted by Gasteiger charge is -2.40. The molecule has 3 rings (SSSR count). The average molecular weight is 288 g/mol. The molecular formula is C17H24N2O2. The van der Waals surface area contributed by atoms with Crippen LogP contribution in [0, 0.1) is 5.92 Å². The number of rotatable bonds is 5. The zero-order valence-electron chi connectivity index (χ0n) is 12.4. The van der Waals surface area contributed by atoms with Gasteiger partial charge in [-0.3, -0.25) is 9.69 Å². The Bertz CT molecular complexity index is 469. The van der Waals surface area contributed by atoms with E-state index in [0.29, 0.717) is 6.04 Å². The monoisotopic (exact) mass is 288 g/mol. The maximum Gasteiger partial charge on any atom is 0.308 e. The van der Waals surface area contributed by atoms with Crippen LogP contribution in [0.3, 0.4) is 0 Å². The van der Waals surface area contributed by atoms with Crippen molar-refractivity contribution in [3.8, 4) is 0 Å². The first kappa shape index (κ1) is 14.5. The second kappa shape index (κ2) is 6.58. The number of carbonyl (C=O) groups is 1. The van der Waals surface area contributed by atoms with Gasteiger partial charge in [0.2, 0.25) is 0 Å². The number of benzene rings is 1. The van der Waals surface area contributed by atoms with E-state index < -0.39 is 5.97 Å². The van der Waals surface area contributed by atoms with Crippen molar-refractivity contribution >= 4 is 5.97 Å². The molecule has 2 N–H and O–H groups in total. The van der Waals surface area contributed by atoms with Crippen molar-refractivity contribution in [3.05, 3.63) is 35.9 Å². The first-order valence-electron chi connectivity index (χ1n) is 7.97. The van der Waals surface area contributed by atoms with E-state index in [0.717, 1.165) is 45.3 Å². The molecule has 2 aliphatic rings. The molecule has 4 nitrogen and oxygen atoms in total. The van der Waals surface area contributed by atoms with Gasteiger partial charge in [0, 0.05) is 18.6 Å². The number of carboxylic acids is 1. The zero-order chi connectivity index (χ0) is 14.7. The maximum absolute atomic E-state index is 11.0. The van der Waals surface area contributed by atoms with Crippen molar-refractivity contribution in [1.82, 2.24) is 10.2 Å². The molecule has 0 bridgehead atoms. The summed E-state index contributed by atoms with van der Waals surface area (Å²) in [5.74, 6) is -0.799. The van der Waals surface area contributed by atoms with Crippen molar-refractivity contribution in [2.24, 2.45) is 5.92 Å². The summed E-state index contributed by atoms with van der Waals surface area (Å²) >= 11 is 0. The van der Waals surface area contributed by atoms with Gasteiger partial charge in [-0.25, -0.2) is 0 Å². The van der Waals surface area contributed by atoms with Crippen LogP contribution in [-0.4, -0.2) is 41.1 Å². The van der Waals surface area contributed by atoms with Crippen LogP contribution in [0.4, 0.5) is 0 Å². The summed E-state index contributed by atoms with van der Waals surface area (Å²) in [5, 5.41) is 12.7. The molecule has 2 atom stereocenters. The third-order valence-electron chi connectivity index (χ3n) is 4.88. The van der Waals surface area contributed by atoms with Gasteiger partial charge in [0.25, 0.3) is 0 Å². The highest BCUT2D eigenvalue weighted by Crippen LogP contribution is 2.29. The third kappa shape index (κ3) is 3.63. The fraction of sp³-hybridized carbons (Fsp3) is 0.588. The van der Waals surface area contributed by atoms with Crippen molar-refractivity contribution in [1.29, 1.82) is 0 Å². The SMILES string of the molecule is O=C(O)C1CCC1NC1CCN(Cc2ccccc2)CC1. The molecule has 0 aromatic heterocycles. The Hall–Kier alpha value is -1.39. The van der Waals surface area contributed by atoms with Gasteiger partial charge < -0.3 is 10.4 Å². The minimum absolute atomic E-state index is 0.160. The van der Waals surface area contributed by atoms with Gasteiger partial charge in [0.05, 0.1) is 5.92 Å². The van der Waals surface area contributed by atoms with Gasteiger partial charge in [0.15, 0.2) is 0 Å². The van der Waals surface area contributed by atoms with E-state index in [1.807, 2.05) is 0 Å². The largest absolute Gasteiger partial charge is 0.481 e. The van der Waals surface area contributed by atoms with E-state index in [1.165, 1.54) is 5.56 Å². The molecule has 1 aromatic rings. The average Bonchev–Trinajstić information content (AvgIpc) is 2.46. The van der Waals surface area contributed by atoms with Crippen LogP contribution >= 0.6 is 0 Å². The minimum Gasteiger partial charge on any atom is -0.481 e. The Kier molecular flexibility index (Phi) is 4.56. The molecule has 1 saturated heterocycles. The fourth-order valence-corrected chi connectivity index (χ4v) is 3.40. The molecule has 2 unspecified atom stereocenters. The van der Waals surface area contributed by atoms with Crippen LogP contribution in [0.5, 0.6) is 0 Å². The van der Waals surface area contributed by atoms with E-state index in [4.69, 9.17) is 5.11 Å². The van der Waals surface area contributed by atoms with Gasteiger partial charge in [-0.05, 0) is 44.3 Å². The van der Waals surface area contributed by atoms with Crippen molar-refractivity contribution in [3.63, 3.8) is 0 Å². The predicted molar refractivity (Wildman–Crippen MR) is 82.0 cm³/mol. The van der Waals surface area contributed by atoms with Gasteiger partial charge in [-0.1, -0.05) is 30.3 Å². The molecule has 0 radical (unpaired) electrons. The first-order chi connectivity index (χ1) is 10.2. The number of aliphatic carboxylic acids is 1. The summed E-state index contributed by atoms with van der Waals surface area (Å²) in [4.78, 5) is 13.5.